The van der Waals surface area contributed by atoms with E-state index in [1.54, 1.807) is 11.8 Å². The standard InChI is InChI=1S/C29H25N5O2S/c1-3-19-9-13-22(14-10-19)34-27(31-28(35)24(17-30)29(34)37)25-18-33(21-7-5-4-6-8-21)32-26(25)20-11-15-23(36-2)16-12-20/h4-16,18,27,37H,3H2,1-2H3,(H,31,35). The highest BCUT2D eigenvalue weighted by Gasteiger charge is 2.36. The van der Waals surface area contributed by atoms with Gasteiger partial charge in [0.05, 0.1) is 23.5 Å². The fourth-order valence-corrected chi connectivity index (χ4v) is 4.74. The number of nitrogens with one attached hydrogen (secondary N) is 1. The van der Waals surface area contributed by atoms with E-state index in [1.165, 1.54) is 5.56 Å². The number of hydrogen-bond donors (Lipinski definition) is 2. The number of methoxy groups -OCH3 is 1. The summed E-state index contributed by atoms with van der Waals surface area (Å²) < 4.78 is 7.13. The van der Waals surface area contributed by atoms with Crippen LogP contribution >= 0.6 is 12.6 Å². The molecule has 0 saturated heterocycles. The summed E-state index contributed by atoms with van der Waals surface area (Å²) in [4.78, 5) is 14.9. The predicted molar refractivity (Wildman–Crippen MR) is 146 cm³/mol. The number of aromatic nitrogens is 2. The summed E-state index contributed by atoms with van der Waals surface area (Å²) in [5.74, 6) is 0.253. The van der Waals surface area contributed by atoms with Gasteiger partial charge in [0.2, 0.25) is 0 Å². The molecule has 0 aliphatic carbocycles. The minimum absolute atomic E-state index is 0.0411. The van der Waals surface area contributed by atoms with E-state index >= 15 is 0 Å². The van der Waals surface area contributed by atoms with E-state index in [4.69, 9.17) is 9.84 Å². The molecule has 1 aliphatic rings. The number of nitriles is 1. The normalized spacial score (nSPS) is 15.4. The summed E-state index contributed by atoms with van der Waals surface area (Å²) in [7, 11) is 1.62. The van der Waals surface area contributed by atoms with E-state index in [0.29, 0.717) is 5.69 Å². The molecule has 1 amide bonds. The van der Waals surface area contributed by atoms with Gasteiger partial charge in [-0.2, -0.15) is 10.4 Å². The third kappa shape index (κ3) is 4.57. The average Bonchev–Trinajstić information content (AvgIpc) is 3.39. The number of thiol groups is 1. The second kappa shape index (κ2) is 10.2. The fourth-order valence-electron chi connectivity index (χ4n) is 4.36. The van der Waals surface area contributed by atoms with Crippen LogP contribution in [0.4, 0.5) is 5.69 Å². The number of anilines is 1. The zero-order chi connectivity index (χ0) is 25.9. The van der Waals surface area contributed by atoms with Crippen molar-refractivity contribution in [1.29, 1.82) is 5.26 Å². The van der Waals surface area contributed by atoms with Gasteiger partial charge >= 0.3 is 0 Å². The molecule has 0 spiro atoms. The van der Waals surface area contributed by atoms with Crippen LogP contribution in [0.15, 0.2) is 95.7 Å². The second-order valence-electron chi connectivity index (χ2n) is 8.52. The molecule has 5 rings (SSSR count). The minimum atomic E-state index is -0.654. The van der Waals surface area contributed by atoms with E-state index in [9.17, 15) is 10.1 Å². The lowest BCUT2D eigenvalue weighted by Crippen LogP contribution is -2.46. The largest absolute Gasteiger partial charge is 0.497 e. The van der Waals surface area contributed by atoms with Gasteiger partial charge in [-0.05, 0) is 60.5 Å². The van der Waals surface area contributed by atoms with Crippen molar-refractivity contribution in [1.82, 2.24) is 15.1 Å². The van der Waals surface area contributed by atoms with Gasteiger partial charge in [-0.1, -0.05) is 37.3 Å². The summed E-state index contributed by atoms with van der Waals surface area (Å²) in [6, 6.07) is 27.4. The highest BCUT2D eigenvalue weighted by molar-refractivity contribution is 7.84. The Labute approximate surface area is 221 Å². The minimum Gasteiger partial charge on any atom is -0.497 e. The zero-order valence-electron chi connectivity index (χ0n) is 20.4. The van der Waals surface area contributed by atoms with Crippen LogP contribution in [0.5, 0.6) is 5.75 Å². The first kappa shape index (κ1) is 24.2. The monoisotopic (exact) mass is 507 g/mol. The number of carbonyl (C=O) groups is 1. The smallest absolute Gasteiger partial charge is 0.266 e. The molecule has 184 valence electrons. The lowest BCUT2D eigenvalue weighted by molar-refractivity contribution is -0.118. The molecule has 1 unspecified atom stereocenters. The number of aryl methyl sites for hydroxylation is 1. The quantitative estimate of drug-likeness (QED) is 0.341. The second-order valence-corrected chi connectivity index (χ2v) is 8.94. The van der Waals surface area contributed by atoms with Crippen molar-refractivity contribution in [2.45, 2.75) is 19.5 Å². The number of ether oxygens (including phenoxy) is 1. The van der Waals surface area contributed by atoms with Crippen LogP contribution in [0.3, 0.4) is 0 Å². The first-order valence-electron chi connectivity index (χ1n) is 11.9. The maximum atomic E-state index is 13.0. The SMILES string of the molecule is CCc1ccc(N2C(S)=C(C#N)C(=O)NC2c2cn(-c3ccccc3)nc2-c2ccc(OC)cc2)cc1. The molecule has 0 bridgehead atoms. The summed E-state index contributed by atoms with van der Waals surface area (Å²) in [5, 5.41) is 17.9. The van der Waals surface area contributed by atoms with Crippen LogP contribution in [-0.4, -0.2) is 22.8 Å². The summed E-state index contributed by atoms with van der Waals surface area (Å²) in [6.07, 6.45) is 2.16. The number of carbonyl (C=O) groups excluding carboxylic acids is 1. The van der Waals surface area contributed by atoms with Crippen molar-refractivity contribution in [3.63, 3.8) is 0 Å². The van der Waals surface area contributed by atoms with Crippen molar-refractivity contribution in [3.8, 4) is 28.8 Å². The Morgan fingerprint density at radius 2 is 1.73 bits per heavy atom. The molecule has 0 saturated carbocycles. The van der Waals surface area contributed by atoms with Gasteiger partial charge in [-0.3, -0.25) is 4.79 Å². The first-order chi connectivity index (χ1) is 18.0. The van der Waals surface area contributed by atoms with Crippen LogP contribution in [0.2, 0.25) is 0 Å². The van der Waals surface area contributed by atoms with Crippen molar-refractivity contribution in [3.05, 3.63) is 107 Å². The zero-order valence-corrected chi connectivity index (χ0v) is 21.3. The average molecular weight is 508 g/mol. The van der Waals surface area contributed by atoms with Crippen molar-refractivity contribution < 1.29 is 9.53 Å². The molecule has 7 nitrogen and oxygen atoms in total. The van der Waals surface area contributed by atoms with E-state index in [2.05, 4.69) is 24.9 Å². The van der Waals surface area contributed by atoms with Gasteiger partial charge in [-0.25, -0.2) is 4.68 Å². The van der Waals surface area contributed by atoms with Gasteiger partial charge in [0.1, 0.15) is 23.6 Å². The number of nitrogens with zero attached hydrogens (tertiary/aromatic N) is 4. The molecule has 1 aliphatic heterocycles. The highest BCUT2D eigenvalue weighted by atomic mass is 32.1. The van der Waals surface area contributed by atoms with Crippen molar-refractivity contribution >= 4 is 24.2 Å². The Morgan fingerprint density at radius 1 is 1.03 bits per heavy atom. The molecule has 1 aromatic heterocycles. The Balaban J connectivity index is 1.71. The molecular weight excluding hydrogens is 482 g/mol. The van der Waals surface area contributed by atoms with Crippen LogP contribution in [0.25, 0.3) is 16.9 Å². The van der Waals surface area contributed by atoms with Gasteiger partial charge in [-0.15, -0.1) is 12.6 Å². The van der Waals surface area contributed by atoms with Gasteiger partial charge in [0.25, 0.3) is 5.91 Å². The Morgan fingerprint density at radius 3 is 2.35 bits per heavy atom. The maximum Gasteiger partial charge on any atom is 0.266 e. The topological polar surface area (TPSA) is 83.2 Å². The first-order valence-corrected chi connectivity index (χ1v) is 12.3. The molecule has 0 radical (unpaired) electrons. The number of para-hydroxylation sites is 1. The Bertz CT molecular complexity index is 1500. The van der Waals surface area contributed by atoms with Crippen molar-refractivity contribution in [2.75, 3.05) is 12.0 Å². The summed E-state index contributed by atoms with van der Waals surface area (Å²) in [5.41, 5.74) is 5.12. The molecule has 8 heteroatoms. The molecule has 2 heterocycles. The van der Waals surface area contributed by atoms with E-state index in [-0.39, 0.29) is 10.6 Å². The predicted octanol–water partition coefficient (Wildman–Crippen LogP) is 5.41. The van der Waals surface area contributed by atoms with Gasteiger partial charge < -0.3 is 15.0 Å². The molecular formula is C29H25N5O2S. The Hall–Kier alpha value is -4.48. The Kier molecular flexibility index (Phi) is 6.71. The molecule has 1 N–H and O–H groups in total. The van der Waals surface area contributed by atoms with Gasteiger partial charge in [0.15, 0.2) is 0 Å². The fraction of sp³-hybridized carbons (Fsp3) is 0.138. The molecule has 37 heavy (non-hydrogen) atoms. The van der Waals surface area contributed by atoms with Crippen LogP contribution in [-0.2, 0) is 11.2 Å². The maximum absolute atomic E-state index is 13.0. The highest BCUT2D eigenvalue weighted by Crippen LogP contribution is 2.39. The van der Waals surface area contributed by atoms with E-state index in [1.807, 2.05) is 96.0 Å². The molecule has 0 fully saturated rings. The van der Waals surface area contributed by atoms with Crippen molar-refractivity contribution in [2.24, 2.45) is 0 Å². The number of rotatable bonds is 6. The number of benzene rings is 3. The third-order valence-electron chi connectivity index (χ3n) is 6.36. The van der Waals surface area contributed by atoms with Gasteiger partial charge in [0, 0.05) is 23.0 Å². The molecule has 4 aromatic rings. The number of amides is 1. The third-order valence-corrected chi connectivity index (χ3v) is 6.80. The lowest BCUT2D eigenvalue weighted by Gasteiger charge is -2.37. The van der Waals surface area contributed by atoms with Crippen LogP contribution in [0.1, 0.15) is 24.2 Å². The number of hydrogen-bond acceptors (Lipinski definition) is 6. The molecule has 1 atom stereocenters. The summed E-state index contributed by atoms with van der Waals surface area (Å²) >= 11 is 4.66. The van der Waals surface area contributed by atoms with E-state index < -0.39 is 12.1 Å². The van der Waals surface area contributed by atoms with Crippen LogP contribution < -0.4 is 15.0 Å². The lowest BCUT2D eigenvalue weighted by atomic mass is 10.0. The molecule has 3 aromatic carbocycles. The van der Waals surface area contributed by atoms with E-state index in [0.717, 1.165) is 34.7 Å². The van der Waals surface area contributed by atoms with Crippen LogP contribution in [0, 0.1) is 11.3 Å². The summed E-state index contributed by atoms with van der Waals surface area (Å²) in [6.45, 7) is 2.09.